The van der Waals surface area contributed by atoms with E-state index in [0.29, 0.717) is 0 Å². The molecule has 2 aromatic heterocycles. The molecule has 0 amide bonds. The Morgan fingerprint density at radius 3 is 3.00 bits per heavy atom. The van der Waals surface area contributed by atoms with Gasteiger partial charge in [0, 0.05) is 18.9 Å². The molecule has 0 aromatic carbocycles. The summed E-state index contributed by atoms with van der Waals surface area (Å²) in [5.74, 6) is 0.783. The molecule has 0 aliphatic rings. The van der Waals surface area contributed by atoms with Crippen LogP contribution in [0, 0.1) is 6.92 Å². The zero-order valence-corrected chi connectivity index (χ0v) is 9.51. The summed E-state index contributed by atoms with van der Waals surface area (Å²) in [6.45, 7) is 4.82. The summed E-state index contributed by atoms with van der Waals surface area (Å²) in [5.41, 5.74) is 0.934. The van der Waals surface area contributed by atoms with E-state index in [2.05, 4.69) is 27.2 Å². The highest BCUT2D eigenvalue weighted by molar-refractivity contribution is 7.18. The predicted octanol–water partition coefficient (Wildman–Crippen LogP) is 2.34. The van der Waals surface area contributed by atoms with Crippen molar-refractivity contribution >= 4 is 16.5 Å². The molecule has 2 aromatic rings. The van der Waals surface area contributed by atoms with Crippen molar-refractivity contribution in [3.05, 3.63) is 24.3 Å². The Bertz CT molecular complexity index is 452. The Morgan fingerprint density at radius 2 is 2.27 bits per heavy atom. The number of aryl methyl sites for hydroxylation is 1. The molecule has 2 rings (SSSR count). The van der Waals surface area contributed by atoms with Crippen molar-refractivity contribution in [3.8, 4) is 10.6 Å². The first kappa shape index (κ1) is 10.0. The normalized spacial score (nSPS) is 10.3. The largest absolute Gasteiger partial charge is 0.362 e. The molecule has 0 unspecified atom stereocenters. The number of rotatable bonds is 3. The van der Waals surface area contributed by atoms with E-state index >= 15 is 0 Å². The van der Waals surface area contributed by atoms with E-state index in [1.54, 1.807) is 17.5 Å². The summed E-state index contributed by atoms with van der Waals surface area (Å²) in [6, 6.07) is 1.90. The number of aromatic nitrogens is 3. The zero-order chi connectivity index (χ0) is 10.7. The maximum atomic E-state index is 4.35. The summed E-state index contributed by atoms with van der Waals surface area (Å²) in [5, 5.41) is 4.11. The number of nitrogens with zero attached hydrogens (tertiary/aromatic N) is 3. The molecule has 0 saturated heterocycles. The smallest absolute Gasteiger partial charge is 0.183 e. The van der Waals surface area contributed by atoms with Crippen LogP contribution in [-0.4, -0.2) is 21.5 Å². The van der Waals surface area contributed by atoms with E-state index in [1.165, 1.54) is 0 Å². The van der Waals surface area contributed by atoms with Gasteiger partial charge in [-0.2, -0.15) is 0 Å². The zero-order valence-electron chi connectivity index (χ0n) is 8.69. The Kier molecular flexibility index (Phi) is 2.91. The molecule has 0 aliphatic carbocycles. The molecule has 1 N–H and O–H groups in total. The van der Waals surface area contributed by atoms with Crippen molar-refractivity contribution in [2.75, 3.05) is 11.9 Å². The van der Waals surface area contributed by atoms with E-state index in [9.17, 15) is 0 Å². The van der Waals surface area contributed by atoms with Crippen LogP contribution in [0.2, 0.25) is 0 Å². The van der Waals surface area contributed by atoms with Gasteiger partial charge in [-0.25, -0.2) is 15.0 Å². The van der Waals surface area contributed by atoms with Gasteiger partial charge in [0.25, 0.3) is 0 Å². The lowest BCUT2D eigenvalue weighted by Gasteiger charge is -1.96. The van der Waals surface area contributed by atoms with Crippen LogP contribution >= 0.6 is 11.3 Å². The second-order valence-electron chi connectivity index (χ2n) is 3.05. The minimum absolute atomic E-state index is 0.783. The maximum Gasteiger partial charge on any atom is 0.183 e. The van der Waals surface area contributed by atoms with Crippen molar-refractivity contribution in [2.45, 2.75) is 13.8 Å². The SMILES string of the molecule is CCNc1ncc(-c2ccnc(C)n2)s1. The van der Waals surface area contributed by atoms with Crippen LogP contribution in [0.15, 0.2) is 18.5 Å². The number of hydrogen-bond acceptors (Lipinski definition) is 5. The Hall–Kier alpha value is -1.49. The lowest BCUT2D eigenvalue weighted by molar-refractivity contribution is 1.06. The third-order valence-corrected chi connectivity index (χ3v) is 2.84. The minimum Gasteiger partial charge on any atom is -0.362 e. The lowest BCUT2D eigenvalue weighted by Crippen LogP contribution is -1.94. The first-order valence-corrected chi connectivity index (χ1v) is 5.61. The summed E-state index contributed by atoms with van der Waals surface area (Å²) >= 11 is 1.61. The fourth-order valence-electron chi connectivity index (χ4n) is 1.22. The van der Waals surface area contributed by atoms with E-state index in [1.807, 2.05) is 19.2 Å². The quantitative estimate of drug-likeness (QED) is 0.862. The van der Waals surface area contributed by atoms with Gasteiger partial charge in [-0.1, -0.05) is 11.3 Å². The molecular weight excluding hydrogens is 208 g/mol. The third kappa shape index (κ3) is 2.30. The molecule has 5 heteroatoms. The van der Waals surface area contributed by atoms with Gasteiger partial charge in [0.1, 0.15) is 5.82 Å². The first-order valence-electron chi connectivity index (χ1n) is 4.79. The number of anilines is 1. The molecule has 4 nitrogen and oxygen atoms in total. The van der Waals surface area contributed by atoms with E-state index in [-0.39, 0.29) is 0 Å². The minimum atomic E-state index is 0.783. The van der Waals surface area contributed by atoms with Gasteiger partial charge < -0.3 is 5.32 Å². The highest BCUT2D eigenvalue weighted by Crippen LogP contribution is 2.26. The van der Waals surface area contributed by atoms with Gasteiger partial charge in [0.2, 0.25) is 0 Å². The van der Waals surface area contributed by atoms with Gasteiger partial charge in [0.05, 0.1) is 10.6 Å². The standard InChI is InChI=1S/C10H12N4S/c1-3-11-10-13-6-9(15-10)8-4-5-12-7(2)14-8/h4-6H,3H2,1-2H3,(H,11,13). The van der Waals surface area contributed by atoms with Crippen LogP contribution in [0.1, 0.15) is 12.7 Å². The fraction of sp³-hybridized carbons (Fsp3) is 0.300. The highest BCUT2D eigenvalue weighted by Gasteiger charge is 2.04. The Labute approximate surface area is 92.4 Å². The molecule has 0 spiro atoms. The van der Waals surface area contributed by atoms with Gasteiger partial charge in [0.15, 0.2) is 5.13 Å². The molecule has 0 saturated carbocycles. The van der Waals surface area contributed by atoms with Crippen molar-refractivity contribution < 1.29 is 0 Å². The molecular formula is C10H12N4S. The third-order valence-electron chi connectivity index (χ3n) is 1.86. The fourth-order valence-corrected chi connectivity index (χ4v) is 2.07. The topological polar surface area (TPSA) is 50.7 Å². The molecule has 0 bridgehead atoms. The van der Waals surface area contributed by atoms with Crippen LogP contribution in [0.25, 0.3) is 10.6 Å². The van der Waals surface area contributed by atoms with Crippen LogP contribution in [-0.2, 0) is 0 Å². The summed E-state index contributed by atoms with van der Waals surface area (Å²) in [7, 11) is 0. The molecule has 2 heterocycles. The van der Waals surface area contributed by atoms with E-state index < -0.39 is 0 Å². The summed E-state index contributed by atoms with van der Waals surface area (Å²) in [4.78, 5) is 13.7. The maximum absolute atomic E-state index is 4.35. The van der Waals surface area contributed by atoms with Crippen LogP contribution in [0.5, 0.6) is 0 Å². The average molecular weight is 220 g/mol. The Morgan fingerprint density at radius 1 is 1.40 bits per heavy atom. The Balaban J connectivity index is 2.29. The van der Waals surface area contributed by atoms with Crippen molar-refractivity contribution in [3.63, 3.8) is 0 Å². The second-order valence-corrected chi connectivity index (χ2v) is 4.08. The summed E-state index contributed by atoms with van der Waals surface area (Å²) < 4.78 is 0. The van der Waals surface area contributed by atoms with Gasteiger partial charge in [-0.15, -0.1) is 0 Å². The molecule has 78 valence electrons. The highest BCUT2D eigenvalue weighted by atomic mass is 32.1. The van der Waals surface area contributed by atoms with Crippen LogP contribution in [0.4, 0.5) is 5.13 Å². The van der Waals surface area contributed by atoms with Crippen LogP contribution in [0.3, 0.4) is 0 Å². The molecule has 0 fully saturated rings. The van der Waals surface area contributed by atoms with Crippen molar-refractivity contribution in [1.29, 1.82) is 0 Å². The number of hydrogen-bond donors (Lipinski definition) is 1. The van der Waals surface area contributed by atoms with Crippen molar-refractivity contribution in [2.24, 2.45) is 0 Å². The number of thiazole rings is 1. The molecule has 0 atom stereocenters. The summed E-state index contributed by atoms with van der Waals surface area (Å²) in [6.07, 6.45) is 3.61. The van der Waals surface area contributed by atoms with Crippen LogP contribution < -0.4 is 5.32 Å². The average Bonchev–Trinajstić information content (AvgIpc) is 2.67. The van der Waals surface area contributed by atoms with E-state index in [0.717, 1.165) is 28.1 Å². The van der Waals surface area contributed by atoms with E-state index in [4.69, 9.17) is 0 Å². The monoisotopic (exact) mass is 220 g/mol. The van der Waals surface area contributed by atoms with Gasteiger partial charge in [-0.3, -0.25) is 0 Å². The second kappa shape index (κ2) is 4.35. The molecule has 15 heavy (non-hydrogen) atoms. The predicted molar refractivity (Wildman–Crippen MR) is 62.0 cm³/mol. The number of nitrogens with one attached hydrogen (secondary N) is 1. The molecule has 0 aliphatic heterocycles. The molecule has 0 radical (unpaired) electrons. The van der Waals surface area contributed by atoms with Gasteiger partial charge in [-0.05, 0) is 19.9 Å². The lowest BCUT2D eigenvalue weighted by atomic mass is 10.3. The first-order chi connectivity index (χ1) is 7.29. The van der Waals surface area contributed by atoms with Crippen molar-refractivity contribution in [1.82, 2.24) is 15.0 Å². The van der Waals surface area contributed by atoms with Gasteiger partial charge >= 0.3 is 0 Å².